The highest BCUT2D eigenvalue weighted by Crippen LogP contribution is 2.44. The predicted molar refractivity (Wildman–Crippen MR) is 168 cm³/mol. The number of hydrogen-bond donors (Lipinski definition) is 2. The number of hydrogen-bond acceptors (Lipinski definition) is 2. The smallest absolute Gasteiger partial charge is 0.322 e. The van der Waals surface area contributed by atoms with Gasteiger partial charge in [-0.2, -0.15) is 0 Å². The van der Waals surface area contributed by atoms with Crippen molar-refractivity contribution >= 4 is 23.3 Å². The second-order valence-electron chi connectivity index (χ2n) is 13.4. The van der Waals surface area contributed by atoms with E-state index in [0.717, 1.165) is 60.9 Å². The van der Waals surface area contributed by atoms with Crippen molar-refractivity contribution in [3.63, 3.8) is 0 Å². The van der Waals surface area contributed by atoms with E-state index in [1.54, 1.807) is 0 Å². The summed E-state index contributed by atoms with van der Waals surface area (Å²) >= 11 is 6.41. The molecule has 2 amide bonds. The summed E-state index contributed by atoms with van der Waals surface area (Å²) in [5.74, 6) is 0.394. The van der Waals surface area contributed by atoms with Gasteiger partial charge in [-0.05, 0) is 76.5 Å². The van der Waals surface area contributed by atoms with Crippen LogP contribution in [0.2, 0.25) is 5.02 Å². The van der Waals surface area contributed by atoms with Crippen LogP contribution in [0.25, 0.3) is 0 Å². The molecule has 0 saturated heterocycles. The van der Waals surface area contributed by atoms with Gasteiger partial charge in [-0.25, -0.2) is 4.79 Å². The van der Waals surface area contributed by atoms with Crippen LogP contribution in [-0.2, 0) is 29.2 Å². The Labute approximate surface area is 245 Å². The topological polar surface area (TPSA) is 52.6 Å². The van der Waals surface area contributed by atoms with Gasteiger partial charge in [0.1, 0.15) is 5.75 Å². The van der Waals surface area contributed by atoms with E-state index < -0.39 is 0 Å². The molecule has 0 aliphatic heterocycles. The molecule has 0 bridgehead atoms. The van der Waals surface area contributed by atoms with Crippen molar-refractivity contribution < 1.29 is 9.90 Å². The van der Waals surface area contributed by atoms with Crippen molar-refractivity contribution in [3.8, 4) is 5.75 Å². The summed E-state index contributed by atoms with van der Waals surface area (Å²) in [6, 6.07) is 20.3. The van der Waals surface area contributed by atoms with E-state index in [1.165, 1.54) is 11.1 Å². The molecule has 40 heavy (non-hydrogen) atoms. The first-order valence-corrected chi connectivity index (χ1v) is 14.9. The Hall–Kier alpha value is -2.98. The summed E-state index contributed by atoms with van der Waals surface area (Å²) in [7, 11) is 1.91. The molecular weight excluding hydrogens is 516 g/mol. The molecule has 5 heteroatoms. The van der Waals surface area contributed by atoms with Crippen LogP contribution < -0.4 is 5.32 Å². The third-order valence-electron chi connectivity index (χ3n) is 8.47. The Morgan fingerprint density at radius 2 is 1.48 bits per heavy atom. The quantitative estimate of drug-likeness (QED) is 0.315. The van der Waals surface area contributed by atoms with E-state index in [2.05, 4.69) is 83.3 Å². The minimum absolute atomic E-state index is 0.121. The third kappa shape index (κ3) is 6.33. The van der Waals surface area contributed by atoms with Crippen LogP contribution in [0.3, 0.4) is 0 Å². The predicted octanol–water partition coefficient (Wildman–Crippen LogP) is 9.36. The fraction of sp³-hybridized carbons (Fsp3) is 0.457. The number of phenols is 1. The molecule has 0 radical (unpaired) electrons. The highest BCUT2D eigenvalue weighted by Gasteiger charge is 2.41. The monoisotopic (exact) mass is 560 g/mol. The summed E-state index contributed by atoms with van der Waals surface area (Å²) in [6.45, 7) is 12.8. The molecule has 1 aliphatic carbocycles. The first-order chi connectivity index (χ1) is 18.7. The number of nitrogens with one attached hydrogen (secondary N) is 1. The van der Waals surface area contributed by atoms with Crippen molar-refractivity contribution in [1.82, 2.24) is 4.90 Å². The highest BCUT2D eigenvalue weighted by molar-refractivity contribution is 6.31. The molecule has 4 nitrogen and oxygen atoms in total. The van der Waals surface area contributed by atoms with E-state index in [4.69, 9.17) is 11.6 Å². The number of aromatic hydroxyl groups is 1. The molecule has 3 aromatic carbocycles. The Kier molecular flexibility index (Phi) is 8.61. The van der Waals surface area contributed by atoms with Gasteiger partial charge in [0.2, 0.25) is 0 Å². The van der Waals surface area contributed by atoms with E-state index in [1.807, 2.05) is 36.2 Å². The Morgan fingerprint density at radius 3 is 2.02 bits per heavy atom. The second kappa shape index (κ2) is 11.5. The first kappa shape index (κ1) is 30.0. The third-order valence-corrected chi connectivity index (χ3v) is 8.71. The number of halogens is 1. The van der Waals surface area contributed by atoms with E-state index in [9.17, 15) is 9.90 Å². The first-order valence-electron chi connectivity index (χ1n) is 14.5. The maximum absolute atomic E-state index is 13.7. The van der Waals surface area contributed by atoms with Gasteiger partial charge in [-0.15, -0.1) is 0 Å². The van der Waals surface area contributed by atoms with Gasteiger partial charge >= 0.3 is 6.03 Å². The molecule has 2 N–H and O–H groups in total. The number of rotatable bonds is 6. The van der Waals surface area contributed by atoms with E-state index >= 15 is 0 Å². The largest absolute Gasteiger partial charge is 0.507 e. The molecule has 3 aromatic rings. The van der Waals surface area contributed by atoms with Crippen LogP contribution in [0, 0.1) is 0 Å². The van der Waals surface area contributed by atoms with Gasteiger partial charge in [0.05, 0.1) is 5.54 Å². The van der Waals surface area contributed by atoms with Crippen LogP contribution in [0.5, 0.6) is 5.75 Å². The fourth-order valence-corrected chi connectivity index (χ4v) is 6.24. The summed E-state index contributed by atoms with van der Waals surface area (Å²) in [5, 5.41) is 14.9. The lowest BCUT2D eigenvalue weighted by Gasteiger charge is -2.39. The van der Waals surface area contributed by atoms with E-state index in [-0.39, 0.29) is 22.4 Å². The Bertz CT molecular complexity index is 1310. The number of nitrogens with zero attached hydrogens (tertiary/aromatic N) is 1. The lowest BCUT2D eigenvalue weighted by molar-refractivity contribution is 0.147. The lowest BCUT2D eigenvalue weighted by atomic mass is 9.78. The van der Waals surface area contributed by atoms with Gasteiger partial charge in [0.15, 0.2) is 0 Å². The fourth-order valence-electron chi connectivity index (χ4n) is 6.06. The molecule has 1 fully saturated rings. The maximum Gasteiger partial charge on any atom is 0.322 e. The average Bonchev–Trinajstić information content (AvgIpc) is 3.39. The highest BCUT2D eigenvalue weighted by atomic mass is 35.5. The van der Waals surface area contributed by atoms with Gasteiger partial charge in [0, 0.05) is 17.8 Å². The van der Waals surface area contributed by atoms with Gasteiger partial charge in [0.25, 0.3) is 0 Å². The minimum Gasteiger partial charge on any atom is -0.507 e. The zero-order valence-electron chi connectivity index (χ0n) is 25.2. The summed E-state index contributed by atoms with van der Waals surface area (Å²) in [4.78, 5) is 15.6. The number of amides is 2. The normalized spacial score (nSPS) is 15.2. The zero-order chi connectivity index (χ0) is 29.3. The molecule has 1 saturated carbocycles. The molecule has 0 atom stereocenters. The van der Waals surface area contributed by atoms with Crippen LogP contribution in [0.15, 0.2) is 60.7 Å². The van der Waals surface area contributed by atoms with Crippen LogP contribution in [0.1, 0.15) is 95.0 Å². The number of carbonyl (C=O) groups is 1. The maximum atomic E-state index is 13.7. The van der Waals surface area contributed by atoms with Crippen molar-refractivity contribution in [3.05, 3.63) is 93.5 Å². The van der Waals surface area contributed by atoms with Gasteiger partial charge in [-0.1, -0.05) is 115 Å². The summed E-state index contributed by atoms with van der Waals surface area (Å²) < 4.78 is 0. The molecule has 4 rings (SSSR count). The zero-order valence-corrected chi connectivity index (χ0v) is 26.0. The molecule has 0 heterocycles. The number of benzene rings is 3. The molecule has 0 unspecified atom stereocenters. The van der Waals surface area contributed by atoms with Crippen LogP contribution in [-0.4, -0.2) is 23.1 Å². The number of carbonyl (C=O) groups excluding carboxylic acids is 1. The Morgan fingerprint density at radius 1 is 0.900 bits per heavy atom. The standard InChI is InChI=1S/C35H45ClN2O2/c1-33(2,3)28-21-24(22-29(31(28)39)34(4,5)6)15-16-25-17-18-27(36)23-30(25)37-32(40)38(7)35(19-11-12-20-35)26-13-9-8-10-14-26/h8-10,13-14,17-18,21-23,39H,11-12,15-16,19-20H2,1-7H3,(H,37,40). The van der Waals surface area contributed by atoms with E-state index in [0.29, 0.717) is 10.8 Å². The molecular formula is C35H45ClN2O2. The van der Waals surface area contributed by atoms with Crippen molar-refractivity contribution in [2.75, 3.05) is 12.4 Å². The van der Waals surface area contributed by atoms with Crippen molar-refractivity contribution in [2.45, 2.75) is 96.4 Å². The molecule has 1 aliphatic rings. The molecule has 0 spiro atoms. The van der Waals surface area contributed by atoms with Gasteiger partial charge < -0.3 is 15.3 Å². The number of anilines is 1. The summed E-state index contributed by atoms with van der Waals surface area (Å²) in [5.41, 5.74) is 5.40. The average molecular weight is 561 g/mol. The Balaban J connectivity index is 1.60. The van der Waals surface area contributed by atoms with Crippen molar-refractivity contribution in [1.29, 1.82) is 0 Å². The minimum atomic E-state index is -0.303. The summed E-state index contributed by atoms with van der Waals surface area (Å²) in [6.07, 6.45) is 5.63. The second-order valence-corrected chi connectivity index (χ2v) is 13.9. The lowest BCUT2D eigenvalue weighted by Crippen LogP contribution is -2.47. The number of urea groups is 1. The van der Waals surface area contributed by atoms with Crippen LogP contribution >= 0.6 is 11.6 Å². The van der Waals surface area contributed by atoms with Crippen LogP contribution in [0.4, 0.5) is 10.5 Å². The number of phenolic OH excluding ortho intramolecular Hbond substituents is 1. The van der Waals surface area contributed by atoms with Crippen molar-refractivity contribution in [2.24, 2.45) is 0 Å². The molecule has 214 valence electrons. The molecule has 0 aromatic heterocycles. The van der Waals surface area contributed by atoms with Gasteiger partial charge in [-0.3, -0.25) is 0 Å². The SMILES string of the molecule is CN(C(=O)Nc1cc(Cl)ccc1CCc1cc(C(C)(C)C)c(O)c(C(C)(C)C)c1)C1(c2ccccc2)CCCC1. The number of aryl methyl sites for hydroxylation is 2.